The summed E-state index contributed by atoms with van der Waals surface area (Å²) in [7, 11) is 0. The quantitative estimate of drug-likeness (QED) is 0.509. The van der Waals surface area contributed by atoms with Crippen LogP contribution in [0.25, 0.3) is 0 Å². The molecule has 100 valence electrons. The summed E-state index contributed by atoms with van der Waals surface area (Å²) in [5.41, 5.74) is 0. The minimum Gasteiger partial charge on any atom is -0.396 e. The van der Waals surface area contributed by atoms with E-state index in [1.807, 2.05) is 0 Å². The highest BCUT2D eigenvalue weighted by molar-refractivity contribution is 4.84. The molecule has 0 radical (unpaired) electrons. The summed E-state index contributed by atoms with van der Waals surface area (Å²) in [6.07, 6.45) is 18.3. The first kappa shape index (κ1) is 16.4. The molecule has 0 heterocycles. The summed E-state index contributed by atoms with van der Waals surface area (Å²) in [4.78, 5) is 0. The maximum Gasteiger partial charge on any atom is 0.0459 e. The van der Waals surface area contributed by atoms with Gasteiger partial charge in [-0.05, 0) is 44.4 Å². The van der Waals surface area contributed by atoms with E-state index in [0.29, 0.717) is 12.5 Å². The monoisotopic (exact) mass is 238 g/mol. The number of rotatable bonds is 11. The van der Waals surface area contributed by atoms with E-state index >= 15 is 0 Å². The van der Waals surface area contributed by atoms with E-state index in [1.54, 1.807) is 0 Å². The molecule has 0 spiro atoms. The third kappa shape index (κ3) is 11.7. The second-order valence-electron chi connectivity index (χ2n) is 4.72. The summed E-state index contributed by atoms with van der Waals surface area (Å²) < 4.78 is 0. The van der Waals surface area contributed by atoms with Gasteiger partial charge in [-0.2, -0.15) is 0 Å². The van der Waals surface area contributed by atoms with Crippen LogP contribution in [-0.2, 0) is 0 Å². The first-order valence-electron chi connectivity index (χ1n) is 7.25. The van der Waals surface area contributed by atoms with Crippen molar-refractivity contribution in [3.63, 3.8) is 0 Å². The highest BCUT2D eigenvalue weighted by Crippen LogP contribution is 2.14. The van der Waals surface area contributed by atoms with Crippen molar-refractivity contribution in [3.05, 3.63) is 24.3 Å². The highest BCUT2D eigenvalue weighted by atomic mass is 16.3. The van der Waals surface area contributed by atoms with E-state index in [0.717, 1.165) is 25.7 Å². The van der Waals surface area contributed by atoms with E-state index in [1.165, 1.54) is 25.7 Å². The van der Waals surface area contributed by atoms with Gasteiger partial charge in [-0.3, -0.25) is 0 Å². The molecule has 0 bridgehead atoms. The molecular weight excluding hydrogens is 208 g/mol. The van der Waals surface area contributed by atoms with Gasteiger partial charge in [0.05, 0.1) is 0 Å². The zero-order chi connectivity index (χ0) is 12.8. The van der Waals surface area contributed by atoms with Crippen molar-refractivity contribution in [1.29, 1.82) is 0 Å². The van der Waals surface area contributed by atoms with Gasteiger partial charge >= 0.3 is 0 Å². The second-order valence-corrected chi connectivity index (χ2v) is 4.72. The fourth-order valence-corrected chi connectivity index (χ4v) is 1.80. The minimum atomic E-state index is 0.337. The Morgan fingerprint density at radius 1 is 0.765 bits per heavy atom. The van der Waals surface area contributed by atoms with Gasteiger partial charge in [0.15, 0.2) is 0 Å². The molecule has 0 saturated heterocycles. The van der Waals surface area contributed by atoms with E-state index < -0.39 is 0 Å². The fourth-order valence-electron chi connectivity index (χ4n) is 1.80. The predicted octanol–water partition coefficient (Wildman–Crippen LogP) is 4.87. The minimum absolute atomic E-state index is 0.337. The topological polar surface area (TPSA) is 20.2 Å². The summed E-state index contributed by atoms with van der Waals surface area (Å²) >= 11 is 0. The predicted molar refractivity (Wildman–Crippen MR) is 77.1 cm³/mol. The summed E-state index contributed by atoms with van der Waals surface area (Å²) in [5, 5.41) is 9.28. The van der Waals surface area contributed by atoms with E-state index in [-0.39, 0.29) is 0 Å². The molecular formula is C16H30O. The largest absolute Gasteiger partial charge is 0.396 e. The Balaban J connectivity index is 3.55. The molecule has 0 fully saturated rings. The van der Waals surface area contributed by atoms with E-state index in [9.17, 15) is 5.11 Å². The summed E-state index contributed by atoms with van der Waals surface area (Å²) in [5.74, 6) is 0.479. The lowest BCUT2D eigenvalue weighted by Crippen LogP contribution is -2.04. The average Bonchev–Trinajstić information content (AvgIpc) is 2.36. The van der Waals surface area contributed by atoms with Crippen molar-refractivity contribution < 1.29 is 5.11 Å². The average molecular weight is 238 g/mol. The Kier molecular flexibility index (Phi) is 13.1. The van der Waals surface area contributed by atoms with Gasteiger partial charge in [-0.15, -0.1) is 0 Å². The lowest BCUT2D eigenvalue weighted by Gasteiger charge is -2.11. The van der Waals surface area contributed by atoms with Gasteiger partial charge < -0.3 is 5.11 Å². The highest BCUT2D eigenvalue weighted by Gasteiger charge is 2.04. The van der Waals surface area contributed by atoms with Crippen molar-refractivity contribution >= 4 is 0 Å². The zero-order valence-electron chi connectivity index (χ0n) is 11.7. The van der Waals surface area contributed by atoms with E-state index in [2.05, 4.69) is 38.2 Å². The van der Waals surface area contributed by atoms with Crippen LogP contribution in [0.5, 0.6) is 0 Å². The molecule has 0 unspecified atom stereocenters. The van der Waals surface area contributed by atoms with Crippen LogP contribution in [0, 0.1) is 5.92 Å². The van der Waals surface area contributed by atoms with Crippen molar-refractivity contribution in [3.8, 4) is 0 Å². The van der Waals surface area contributed by atoms with Crippen LogP contribution in [0.2, 0.25) is 0 Å². The number of hydrogen-bond acceptors (Lipinski definition) is 1. The molecule has 17 heavy (non-hydrogen) atoms. The molecule has 0 rings (SSSR count). The number of hydrogen-bond donors (Lipinski definition) is 1. The number of aliphatic hydroxyl groups is 1. The molecule has 0 saturated carbocycles. The van der Waals surface area contributed by atoms with Crippen molar-refractivity contribution in [2.75, 3.05) is 6.61 Å². The number of unbranched alkanes of at least 4 members (excludes halogenated alkanes) is 2. The van der Waals surface area contributed by atoms with Crippen LogP contribution >= 0.6 is 0 Å². The van der Waals surface area contributed by atoms with Crippen LogP contribution in [0.15, 0.2) is 24.3 Å². The maximum atomic E-state index is 9.28. The standard InChI is InChI=1S/C16H30O/c1-3-5-7-9-11-13-16(15-17)14-12-10-8-6-4-2/h7-10,16-17H,3-6,11-15H2,1-2H3/b9-7-,10-8-. The molecule has 0 aliphatic rings. The molecule has 0 aliphatic carbocycles. The molecule has 0 aromatic carbocycles. The molecule has 1 heteroatoms. The van der Waals surface area contributed by atoms with E-state index in [4.69, 9.17) is 0 Å². The van der Waals surface area contributed by atoms with Gasteiger partial charge in [0.2, 0.25) is 0 Å². The Labute approximate surface area is 108 Å². The summed E-state index contributed by atoms with van der Waals surface area (Å²) in [6, 6.07) is 0. The smallest absolute Gasteiger partial charge is 0.0459 e. The lowest BCUT2D eigenvalue weighted by molar-refractivity contribution is 0.212. The van der Waals surface area contributed by atoms with Crippen LogP contribution in [0.4, 0.5) is 0 Å². The Morgan fingerprint density at radius 3 is 1.53 bits per heavy atom. The van der Waals surface area contributed by atoms with Crippen molar-refractivity contribution in [2.45, 2.75) is 65.2 Å². The van der Waals surface area contributed by atoms with Crippen LogP contribution in [0.1, 0.15) is 65.2 Å². The molecule has 1 N–H and O–H groups in total. The number of allylic oxidation sites excluding steroid dienone is 4. The third-order valence-corrected chi connectivity index (χ3v) is 2.99. The van der Waals surface area contributed by atoms with Crippen molar-refractivity contribution in [1.82, 2.24) is 0 Å². The third-order valence-electron chi connectivity index (χ3n) is 2.99. The molecule has 0 aliphatic heterocycles. The second kappa shape index (κ2) is 13.5. The molecule has 0 aromatic heterocycles. The van der Waals surface area contributed by atoms with Gasteiger partial charge in [0.25, 0.3) is 0 Å². The Bertz CT molecular complexity index is 174. The fraction of sp³-hybridized carbons (Fsp3) is 0.750. The maximum absolute atomic E-state index is 9.28. The Morgan fingerprint density at radius 2 is 1.18 bits per heavy atom. The van der Waals surface area contributed by atoms with Crippen LogP contribution < -0.4 is 0 Å². The van der Waals surface area contributed by atoms with Gasteiger partial charge in [-0.1, -0.05) is 51.0 Å². The van der Waals surface area contributed by atoms with Crippen LogP contribution in [-0.4, -0.2) is 11.7 Å². The first-order chi connectivity index (χ1) is 8.35. The normalized spacial score (nSPS) is 12.2. The molecule has 1 nitrogen and oxygen atoms in total. The van der Waals surface area contributed by atoms with Gasteiger partial charge in [0, 0.05) is 6.61 Å². The van der Waals surface area contributed by atoms with Crippen molar-refractivity contribution in [2.24, 2.45) is 5.92 Å². The lowest BCUT2D eigenvalue weighted by atomic mass is 9.98. The Hall–Kier alpha value is -0.560. The first-order valence-corrected chi connectivity index (χ1v) is 7.25. The molecule has 0 amide bonds. The molecule has 0 aromatic rings. The number of aliphatic hydroxyl groups excluding tert-OH is 1. The molecule has 0 atom stereocenters. The summed E-state index contributed by atoms with van der Waals surface area (Å²) in [6.45, 7) is 4.73. The van der Waals surface area contributed by atoms with Gasteiger partial charge in [0.1, 0.15) is 0 Å². The van der Waals surface area contributed by atoms with Gasteiger partial charge in [-0.25, -0.2) is 0 Å². The SMILES string of the molecule is CCC/C=C\CCC(CO)CC/C=C\CCC. The van der Waals surface area contributed by atoms with Crippen LogP contribution in [0.3, 0.4) is 0 Å². The zero-order valence-corrected chi connectivity index (χ0v) is 11.7.